The second kappa shape index (κ2) is 8.10. The summed E-state index contributed by atoms with van der Waals surface area (Å²) < 4.78 is 2.10. The smallest absolute Gasteiger partial charge is 0.225 e. The first-order chi connectivity index (χ1) is 14.6. The normalized spacial score (nSPS) is 27.0. The van der Waals surface area contributed by atoms with Gasteiger partial charge in [-0.3, -0.25) is 9.59 Å². The van der Waals surface area contributed by atoms with Gasteiger partial charge in [0, 0.05) is 49.5 Å². The van der Waals surface area contributed by atoms with Crippen LogP contribution in [0.5, 0.6) is 0 Å². The third-order valence-electron chi connectivity index (χ3n) is 7.14. The van der Waals surface area contributed by atoms with E-state index in [9.17, 15) is 9.59 Å². The molecular weight excluding hydrogens is 398 g/mol. The molecule has 6 heteroatoms. The molecule has 5 nitrogen and oxygen atoms in total. The van der Waals surface area contributed by atoms with Crippen molar-refractivity contribution >= 4 is 23.4 Å². The maximum absolute atomic E-state index is 13.4. The van der Waals surface area contributed by atoms with Gasteiger partial charge in [-0.05, 0) is 60.9 Å². The van der Waals surface area contributed by atoms with Gasteiger partial charge in [0.05, 0.1) is 12.5 Å². The van der Waals surface area contributed by atoms with Crippen LogP contribution in [0, 0.1) is 11.8 Å². The molecule has 1 aromatic carbocycles. The predicted molar refractivity (Wildman–Crippen MR) is 116 cm³/mol. The lowest BCUT2D eigenvalue weighted by Crippen LogP contribution is -2.61. The van der Waals surface area contributed by atoms with Gasteiger partial charge in [-0.1, -0.05) is 23.7 Å². The molecule has 5 rings (SSSR count). The lowest BCUT2D eigenvalue weighted by Gasteiger charge is -2.52. The van der Waals surface area contributed by atoms with E-state index in [0.717, 1.165) is 44.5 Å². The molecule has 0 radical (unpaired) electrons. The minimum Gasteiger partial charge on any atom is -0.346 e. The summed E-state index contributed by atoms with van der Waals surface area (Å²) in [4.78, 5) is 30.0. The van der Waals surface area contributed by atoms with Crippen LogP contribution in [-0.4, -0.2) is 51.9 Å². The molecule has 0 aliphatic carbocycles. The van der Waals surface area contributed by atoms with Crippen LogP contribution in [0.1, 0.15) is 43.7 Å². The molecule has 3 fully saturated rings. The maximum atomic E-state index is 13.4. The van der Waals surface area contributed by atoms with E-state index < -0.39 is 0 Å². The summed E-state index contributed by atoms with van der Waals surface area (Å²) in [5, 5.41) is 0.701. The molecule has 2 aromatic rings. The Labute approximate surface area is 182 Å². The number of benzene rings is 1. The average Bonchev–Trinajstić information content (AvgIpc) is 3.28. The largest absolute Gasteiger partial charge is 0.346 e. The number of amides is 2. The first-order valence-electron chi connectivity index (χ1n) is 11.0. The van der Waals surface area contributed by atoms with E-state index in [1.54, 1.807) is 0 Å². The van der Waals surface area contributed by atoms with E-state index >= 15 is 0 Å². The number of halogens is 1. The fourth-order valence-corrected chi connectivity index (χ4v) is 5.87. The van der Waals surface area contributed by atoms with Gasteiger partial charge in [0.25, 0.3) is 0 Å². The number of aromatic nitrogens is 1. The van der Waals surface area contributed by atoms with Crippen molar-refractivity contribution in [1.29, 1.82) is 0 Å². The molecule has 0 N–H and O–H groups in total. The number of hydrogen-bond donors (Lipinski definition) is 0. The van der Waals surface area contributed by atoms with Crippen LogP contribution in [0.3, 0.4) is 0 Å². The number of fused-ring (bicyclic) bond motifs is 4. The third kappa shape index (κ3) is 3.76. The highest BCUT2D eigenvalue weighted by Gasteiger charge is 2.44. The van der Waals surface area contributed by atoms with Crippen LogP contribution in [0.4, 0.5) is 0 Å². The molecule has 3 saturated heterocycles. The van der Waals surface area contributed by atoms with Gasteiger partial charge >= 0.3 is 0 Å². The molecule has 3 aliphatic rings. The number of likely N-dealkylation sites (tertiary alicyclic amines) is 1. The molecule has 4 heterocycles. The van der Waals surface area contributed by atoms with Crippen molar-refractivity contribution < 1.29 is 9.59 Å². The summed E-state index contributed by atoms with van der Waals surface area (Å²) in [6.45, 7) is 2.37. The van der Waals surface area contributed by atoms with E-state index in [0.29, 0.717) is 41.6 Å². The second-order valence-electron chi connectivity index (χ2n) is 9.07. The predicted octanol–water partition coefficient (Wildman–Crippen LogP) is 3.98. The van der Waals surface area contributed by atoms with Gasteiger partial charge in [-0.25, -0.2) is 0 Å². The Bertz CT molecular complexity index is 911. The first kappa shape index (κ1) is 19.7. The molecule has 4 unspecified atom stereocenters. The standard InChI is InChI=1S/C24H28ClN3O2/c25-20-8-6-18(7-9-20)22(26-10-1-2-11-26)13-24(30)27-14-17-12-19(16-27)21-4-3-5-23(29)28(21)15-17/h1-2,6-11,17,19,21-22H,3-5,12-16H2. The van der Waals surface area contributed by atoms with Crippen LogP contribution in [-0.2, 0) is 9.59 Å². The van der Waals surface area contributed by atoms with E-state index in [1.165, 1.54) is 0 Å². The highest BCUT2D eigenvalue weighted by atomic mass is 35.5. The quantitative estimate of drug-likeness (QED) is 0.743. The van der Waals surface area contributed by atoms with Crippen molar-refractivity contribution in [1.82, 2.24) is 14.4 Å². The average molecular weight is 426 g/mol. The molecule has 4 atom stereocenters. The monoisotopic (exact) mass is 425 g/mol. The molecule has 3 aliphatic heterocycles. The van der Waals surface area contributed by atoms with Crippen molar-refractivity contribution in [3.63, 3.8) is 0 Å². The number of hydrogen-bond acceptors (Lipinski definition) is 2. The number of rotatable bonds is 4. The SMILES string of the molecule is O=C(CC(c1ccc(Cl)cc1)n1cccc1)N1CC2CC(C1)C1CCCC(=O)N1C2. The molecule has 2 bridgehead atoms. The lowest BCUT2D eigenvalue weighted by molar-refractivity contribution is -0.148. The molecule has 158 valence electrons. The molecule has 0 spiro atoms. The Hall–Kier alpha value is -2.27. The zero-order chi connectivity index (χ0) is 20.7. The van der Waals surface area contributed by atoms with Crippen molar-refractivity contribution in [2.45, 2.75) is 44.2 Å². The van der Waals surface area contributed by atoms with Gasteiger partial charge in [0.2, 0.25) is 11.8 Å². The number of nitrogens with zero attached hydrogens (tertiary/aromatic N) is 3. The summed E-state index contributed by atoms with van der Waals surface area (Å²) in [7, 11) is 0. The Morgan fingerprint density at radius 3 is 2.63 bits per heavy atom. The highest BCUT2D eigenvalue weighted by Crippen LogP contribution is 2.38. The number of carbonyl (C=O) groups is 2. The number of piperidine rings is 3. The highest BCUT2D eigenvalue weighted by molar-refractivity contribution is 6.30. The Kier molecular flexibility index (Phi) is 5.32. The first-order valence-corrected chi connectivity index (χ1v) is 11.4. The van der Waals surface area contributed by atoms with Crippen LogP contribution in [0.2, 0.25) is 5.02 Å². The zero-order valence-electron chi connectivity index (χ0n) is 17.1. The van der Waals surface area contributed by atoms with E-state index in [2.05, 4.69) is 14.4 Å². The third-order valence-corrected chi connectivity index (χ3v) is 7.39. The molecule has 30 heavy (non-hydrogen) atoms. The van der Waals surface area contributed by atoms with Crippen molar-refractivity contribution in [2.24, 2.45) is 11.8 Å². The van der Waals surface area contributed by atoms with Crippen molar-refractivity contribution in [3.8, 4) is 0 Å². The molecule has 1 aromatic heterocycles. The lowest BCUT2D eigenvalue weighted by atomic mass is 9.76. The van der Waals surface area contributed by atoms with Gasteiger partial charge < -0.3 is 14.4 Å². The zero-order valence-corrected chi connectivity index (χ0v) is 17.9. The van der Waals surface area contributed by atoms with Crippen LogP contribution < -0.4 is 0 Å². The van der Waals surface area contributed by atoms with Gasteiger partial charge in [-0.2, -0.15) is 0 Å². The molecular formula is C24H28ClN3O2. The summed E-state index contributed by atoms with van der Waals surface area (Å²) in [6, 6.07) is 12.1. The molecule has 0 saturated carbocycles. The van der Waals surface area contributed by atoms with Gasteiger partial charge in [0.15, 0.2) is 0 Å². The summed E-state index contributed by atoms with van der Waals surface area (Å²) in [6.07, 6.45) is 8.38. The van der Waals surface area contributed by atoms with E-state index in [4.69, 9.17) is 11.6 Å². The van der Waals surface area contributed by atoms with Crippen LogP contribution >= 0.6 is 11.6 Å². The molecule has 2 amide bonds. The number of carbonyl (C=O) groups excluding carboxylic acids is 2. The summed E-state index contributed by atoms with van der Waals surface area (Å²) in [5.41, 5.74) is 1.09. The second-order valence-corrected chi connectivity index (χ2v) is 9.50. The topological polar surface area (TPSA) is 45.6 Å². The van der Waals surface area contributed by atoms with Crippen LogP contribution in [0.15, 0.2) is 48.8 Å². The fraction of sp³-hybridized carbons (Fsp3) is 0.500. The van der Waals surface area contributed by atoms with Gasteiger partial charge in [0.1, 0.15) is 0 Å². The maximum Gasteiger partial charge on any atom is 0.225 e. The Balaban J connectivity index is 1.33. The van der Waals surface area contributed by atoms with Crippen molar-refractivity contribution in [3.05, 3.63) is 59.4 Å². The van der Waals surface area contributed by atoms with E-state index in [-0.39, 0.29) is 11.9 Å². The Morgan fingerprint density at radius 2 is 1.87 bits per heavy atom. The summed E-state index contributed by atoms with van der Waals surface area (Å²) in [5.74, 6) is 1.35. The van der Waals surface area contributed by atoms with Gasteiger partial charge in [-0.15, -0.1) is 0 Å². The van der Waals surface area contributed by atoms with Crippen LogP contribution in [0.25, 0.3) is 0 Å². The minimum atomic E-state index is -0.0423. The van der Waals surface area contributed by atoms with E-state index in [1.807, 2.05) is 48.8 Å². The van der Waals surface area contributed by atoms with Crippen molar-refractivity contribution in [2.75, 3.05) is 19.6 Å². The Morgan fingerprint density at radius 1 is 1.10 bits per heavy atom. The fourth-order valence-electron chi connectivity index (χ4n) is 5.74. The minimum absolute atomic E-state index is 0.0423. The summed E-state index contributed by atoms with van der Waals surface area (Å²) >= 11 is 6.08.